The maximum Gasteiger partial charge on any atom is 0.257 e. The van der Waals surface area contributed by atoms with Gasteiger partial charge in [0.15, 0.2) is 5.78 Å². The van der Waals surface area contributed by atoms with Gasteiger partial charge in [-0.3, -0.25) is 9.59 Å². The lowest BCUT2D eigenvalue weighted by molar-refractivity contribution is -0.116. The Morgan fingerprint density at radius 3 is 2.46 bits per heavy atom. The van der Waals surface area contributed by atoms with Crippen LogP contribution in [0.25, 0.3) is 0 Å². The molecule has 0 atom stereocenters. The van der Waals surface area contributed by atoms with E-state index < -0.39 is 0 Å². The summed E-state index contributed by atoms with van der Waals surface area (Å²) in [6, 6.07) is 15.0. The topological polar surface area (TPSA) is 49.7 Å². The molecule has 0 N–H and O–H groups in total. The van der Waals surface area contributed by atoms with E-state index in [0.717, 1.165) is 19.7 Å². The number of halogens is 1. The van der Waals surface area contributed by atoms with Crippen molar-refractivity contribution >= 4 is 57.4 Å². The molecular weight excluding hydrogens is 435 g/mol. The third kappa shape index (κ3) is 2.69. The summed E-state index contributed by atoms with van der Waals surface area (Å²) >= 11 is 3.58. The predicted molar refractivity (Wildman–Crippen MR) is 104 cm³/mol. The molecule has 2 aromatic rings. The van der Waals surface area contributed by atoms with E-state index in [4.69, 9.17) is 0 Å². The lowest BCUT2D eigenvalue weighted by Gasteiger charge is -2.18. The van der Waals surface area contributed by atoms with Crippen molar-refractivity contribution in [1.29, 1.82) is 0 Å². The zero-order valence-corrected chi connectivity index (χ0v) is 15.4. The average molecular weight is 446 g/mol. The van der Waals surface area contributed by atoms with Crippen LogP contribution in [0.1, 0.15) is 15.9 Å². The number of amides is 1. The fraction of sp³-hybridized carbons (Fsp3) is 0.0556. The smallest absolute Gasteiger partial charge is 0.257 e. The van der Waals surface area contributed by atoms with Crippen molar-refractivity contribution in [3.8, 4) is 0 Å². The van der Waals surface area contributed by atoms with E-state index in [-0.39, 0.29) is 17.4 Å². The summed E-state index contributed by atoms with van der Waals surface area (Å²) in [6.07, 6.45) is 1.58. The summed E-state index contributed by atoms with van der Waals surface area (Å²) < 4.78 is 1.09. The first-order chi connectivity index (χ1) is 11.6. The first-order valence-corrected chi connectivity index (χ1v) is 9.35. The number of ketones is 1. The molecule has 0 spiro atoms. The van der Waals surface area contributed by atoms with Crippen molar-refractivity contribution in [3.63, 3.8) is 0 Å². The van der Waals surface area contributed by atoms with E-state index >= 15 is 0 Å². The Labute approximate surface area is 156 Å². The molecule has 0 radical (unpaired) electrons. The van der Waals surface area contributed by atoms with E-state index in [1.54, 1.807) is 12.1 Å². The van der Waals surface area contributed by atoms with Crippen molar-refractivity contribution < 1.29 is 9.59 Å². The van der Waals surface area contributed by atoms with Crippen LogP contribution in [0.3, 0.4) is 0 Å². The lowest BCUT2D eigenvalue weighted by Crippen LogP contribution is -2.27. The quantitative estimate of drug-likeness (QED) is 0.626. The molecule has 0 aromatic heterocycles. The average Bonchev–Trinajstić information content (AvgIpc) is 2.76. The van der Waals surface area contributed by atoms with Gasteiger partial charge in [0.05, 0.1) is 11.4 Å². The summed E-state index contributed by atoms with van der Waals surface area (Å²) in [4.78, 5) is 25.5. The minimum absolute atomic E-state index is 0.0396. The number of nitrogens with zero attached hydrogens (tertiary/aromatic N) is 2. The summed E-state index contributed by atoms with van der Waals surface area (Å²) in [5, 5.41) is 6.05. The van der Waals surface area contributed by atoms with E-state index in [1.807, 2.05) is 42.5 Å². The Bertz CT molecular complexity index is 919. The Morgan fingerprint density at radius 1 is 1.00 bits per heavy atom. The van der Waals surface area contributed by atoms with Crippen LogP contribution in [0.15, 0.2) is 64.6 Å². The van der Waals surface area contributed by atoms with Crippen LogP contribution < -0.4 is 5.01 Å². The lowest BCUT2D eigenvalue weighted by atomic mass is 9.94. The van der Waals surface area contributed by atoms with Crippen molar-refractivity contribution in [2.24, 2.45) is 5.10 Å². The van der Waals surface area contributed by atoms with Crippen molar-refractivity contribution in [2.75, 3.05) is 10.8 Å². The summed E-state index contributed by atoms with van der Waals surface area (Å²) in [6.45, 7) is 0. The monoisotopic (exact) mass is 446 g/mol. The van der Waals surface area contributed by atoms with Crippen LogP contribution in [0.5, 0.6) is 0 Å². The van der Waals surface area contributed by atoms with Gasteiger partial charge in [-0.1, -0.05) is 24.3 Å². The van der Waals surface area contributed by atoms with Crippen LogP contribution in [0.4, 0.5) is 5.69 Å². The van der Waals surface area contributed by atoms with Gasteiger partial charge in [-0.05, 0) is 46.9 Å². The Balaban J connectivity index is 1.88. The van der Waals surface area contributed by atoms with Gasteiger partial charge in [-0.25, -0.2) is 0 Å². The van der Waals surface area contributed by atoms with Gasteiger partial charge in [-0.15, -0.1) is 11.8 Å². The number of carbonyl (C=O) groups is 2. The number of thioether (sulfide) groups is 1. The van der Waals surface area contributed by atoms with E-state index in [9.17, 15) is 9.59 Å². The molecule has 0 saturated heterocycles. The van der Waals surface area contributed by atoms with Crippen LogP contribution >= 0.6 is 34.4 Å². The van der Waals surface area contributed by atoms with Crippen molar-refractivity contribution in [3.05, 3.63) is 74.2 Å². The molecule has 2 aromatic carbocycles. The maximum absolute atomic E-state index is 12.5. The van der Waals surface area contributed by atoms with Gasteiger partial charge in [0.2, 0.25) is 0 Å². The highest BCUT2D eigenvalue weighted by atomic mass is 127. The maximum atomic E-state index is 12.5. The Hall–Kier alpha value is -1.93. The van der Waals surface area contributed by atoms with E-state index in [2.05, 4.69) is 27.7 Å². The molecule has 4 rings (SSSR count). The number of anilines is 1. The number of rotatable bonds is 1. The molecule has 2 aliphatic rings. The molecular formula is C18H11IN2O2S. The molecule has 0 fully saturated rings. The van der Waals surface area contributed by atoms with E-state index in [0.29, 0.717) is 11.3 Å². The fourth-order valence-electron chi connectivity index (χ4n) is 2.66. The van der Waals surface area contributed by atoms with Gasteiger partial charge in [0.25, 0.3) is 5.91 Å². The zero-order valence-electron chi connectivity index (χ0n) is 12.4. The second-order valence-electron chi connectivity index (χ2n) is 5.34. The first-order valence-electron chi connectivity index (χ1n) is 7.29. The Kier molecular flexibility index (Phi) is 4.01. The summed E-state index contributed by atoms with van der Waals surface area (Å²) in [7, 11) is 0. The molecule has 6 heteroatoms. The van der Waals surface area contributed by atoms with Crippen LogP contribution in [0, 0.1) is 3.57 Å². The predicted octanol–water partition coefficient (Wildman–Crippen LogP) is 3.86. The third-order valence-corrected chi connectivity index (χ3v) is 5.53. The largest absolute Gasteiger partial charge is 0.289 e. The molecule has 4 nitrogen and oxygen atoms in total. The molecule has 1 heterocycles. The SMILES string of the molecule is O=C1C=C2SCC(=O)N(c3ccc(I)cc3)N=C2c2ccccc21. The number of fused-ring (bicyclic) bond motifs is 3. The molecule has 1 amide bonds. The number of allylic oxidation sites excluding steroid dienone is 2. The van der Waals surface area contributed by atoms with E-state index in [1.165, 1.54) is 16.8 Å². The van der Waals surface area contributed by atoms with Gasteiger partial charge in [0, 0.05) is 25.7 Å². The molecule has 24 heavy (non-hydrogen) atoms. The second kappa shape index (κ2) is 6.18. The van der Waals surface area contributed by atoms with Crippen molar-refractivity contribution in [1.82, 2.24) is 0 Å². The van der Waals surface area contributed by atoms with Crippen molar-refractivity contribution in [2.45, 2.75) is 0 Å². The standard InChI is InChI=1S/C18H11IN2O2S/c19-11-5-7-12(8-6-11)21-17(23)10-24-16-9-15(22)13-3-1-2-4-14(13)18(16)20-21/h1-9H,10H2. The van der Waals surface area contributed by atoms with Crippen LogP contribution in [0.2, 0.25) is 0 Å². The molecule has 0 saturated carbocycles. The minimum Gasteiger partial charge on any atom is -0.289 e. The highest BCUT2D eigenvalue weighted by Gasteiger charge is 2.29. The second-order valence-corrected chi connectivity index (χ2v) is 7.60. The highest BCUT2D eigenvalue weighted by Crippen LogP contribution is 2.33. The zero-order chi connectivity index (χ0) is 16.7. The number of hydrogen-bond donors (Lipinski definition) is 0. The molecule has 0 bridgehead atoms. The van der Waals surface area contributed by atoms with Crippen LogP contribution in [-0.4, -0.2) is 23.2 Å². The Morgan fingerprint density at radius 2 is 1.71 bits per heavy atom. The van der Waals surface area contributed by atoms with Gasteiger partial charge < -0.3 is 0 Å². The molecule has 1 aliphatic carbocycles. The van der Waals surface area contributed by atoms with Gasteiger partial charge in [-0.2, -0.15) is 10.1 Å². The number of hydrogen-bond acceptors (Lipinski definition) is 4. The molecule has 0 unspecified atom stereocenters. The normalized spacial score (nSPS) is 16.8. The first kappa shape index (κ1) is 15.6. The molecule has 118 valence electrons. The highest BCUT2D eigenvalue weighted by molar-refractivity contribution is 14.1. The number of hydrazone groups is 1. The number of carbonyl (C=O) groups excluding carboxylic acids is 2. The summed E-state index contributed by atoms with van der Waals surface area (Å²) in [5.41, 5.74) is 2.80. The molecule has 1 aliphatic heterocycles. The van der Waals surface area contributed by atoms with Gasteiger partial charge >= 0.3 is 0 Å². The summed E-state index contributed by atoms with van der Waals surface area (Å²) in [5.74, 6) is 0.108. The minimum atomic E-state index is -0.103. The van der Waals surface area contributed by atoms with Gasteiger partial charge in [0.1, 0.15) is 5.71 Å². The fourth-order valence-corrected chi connectivity index (χ4v) is 3.89. The third-order valence-electron chi connectivity index (χ3n) is 3.80. The number of benzene rings is 2. The van der Waals surface area contributed by atoms with Crippen LogP contribution in [-0.2, 0) is 4.79 Å².